The normalized spacial score (nSPS) is 21.4. The molecule has 3 atom stereocenters. The van der Waals surface area contributed by atoms with E-state index in [0.717, 1.165) is 31.5 Å². The molecule has 0 bridgehead atoms. The van der Waals surface area contributed by atoms with Gasteiger partial charge in [0.1, 0.15) is 5.75 Å². The number of amides is 2. The molecule has 1 heterocycles. The Balaban J connectivity index is 1.41. The predicted molar refractivity (Wildman–Crippen MR) is 109 cm³/mol. The molecule has 1 aliphatic heterocycles. The van der Waals surface area contributed by atoms with Crippen LogP contribution in [-0.4, -0.2) is 37.6 Å². The number of nitrogens with one attached hydrogen (secondary N) is 3. The van der Waals surface area contributed by atoms with E-state index in [1.165, 1.54) is 12.8 Å². The summed E-state index contributed by atoms with van der Waals surface area (Å²) in [7, 11) is 0. The van der Waals surface area contributed by atoms with E-state index in [4.69, 9.17) is 4.74 Å². The van der Waals surface area contributed by atoms with Gasteiger partial charge in [0.2, 0.25) is 5.91 Å². The molecule has 1 saturated carbocycles. The molecule has 1 aromatic rings. The summed E-state index contributed by atoms with van der Waals surface area (Å²) in [5.74, 6) is 1.66. The zero-order valence-corrected chi connectivity index (χ0v) is 17.0. The van der Waals surface area contributed by atoms with Crippen LogP contribution in [0.15, 0.2) is 24.3 Å². The number of carbonyl (C=O) groups is 2. The molecule has 3 unspecified atom stereocenters. The van der Waals surface area contributed by atoms with Gasteiger partial charge in [-0.25, -0.2) is 0 Å². The average molecular weight is 388 g/mol. The predicted octanol–water partition coefficient (Wildman–Crippen LogP) is 2.55. The Bertz CT molecular complexity index is 651. The number of hydrogen-bond donors (Lipinski definition) is 3. The van der Waals surface area contributed by atoms with E-state index < -0.39 is 0 Å². The first-order valence-corrected chi connectivity index (χ1v) is 10.5. The lowest BCUT2D eigenvalue weighted by molar-refractivity contribution is -0.124. The summed E-state index contributed by atoms with van der Waals surface area (Å²) in [5, 5.41) is 9.42. The smallest absolute Gasteiger partial charge is 0.258 e. The van der Waals surface area contributed by atoms with Crippen LogP contribution in [0.3, 0.4) is 0 Å². The lowest BCUT2D eigenvalue weighted by atomic mass is 9.85. The maximum atomic E-state index is 12.4. The molecule has 3 N–H and O–H groups in total. The molecule has 1 aliphatic carbocycles. The van der Waals surface area contributed by atoms with Crippen molar-refractivity contribution >= 4 is 11.8 Å². The quantitative estimate of drug-likeness (QED) is 0.608. The Kier molecular flexibility index (Phi) is 7.31. The molecular formula is C22H33N3O3. The minimum atomic E-state index is -0.0745. The summed E-state index contributed by atoms with van der Waals surface area (Å²) in [6, 6.07) is 7.86. The van der Waals surface area contributed by atoms with Crippen molar-refractivity contribution in [1.82, 2.24) is 16.0 Å². The van der Waals surface area contributed by atoms with Crippen LogP contribution >= 0.6 is 0 Å². The van der Waals surface area contributed by atoms with Crippen LogP contribution in [-0.2, 0) is 9.59 Å². The first kappa shape index (κ1) is 20.6. The standard InChI is InChI=1S/C22H33N3O3/c1-15(18-4-3-11-23-13-18)12-21(26)24-16(2)17-5-9-20(10-6-17)28-14-22(27)25-19-7-8-19/h5-6,9-10,15-16,18-19,23H,3-4,7-8,11-14H2,1-2H3,(H,24,26)(H,25,27). The number of hydrogen-bond acceptors (Lipinski definition) is 4. The minimum Gasteiger partial charge on any atom is -0.484 e. The monoisotopic (exact) mass is 387 g/mol. The number of ether oxygens (including phenoxy) is 1. The molecule has 0 aromatic heterocycles. The van der Waals surface area contributed by atoms with Gasteiger partial charge in [-0.1, -0.05) is 19.1 Å². The second-order valence-electron chi connectivity index (χ2n) is 8.28. The van der Waals surface area contributed by atoms with Crippen LogP contribution in [0.1, 0.15) is 57.6 Å². The van der Waals surface area contributed by atoms with Gasteiger partial charge in [-0.15, -0.1) is 0 Å². The van der Waals surface area contributed by atoms with E-state index in [2.05, 4.69) is 22.9 Å². The van der Waals surface area contributed by atoms with Gasteiger partial charge in [0.05, 0.1) is 6.04 Å². The average Bonchev–Trinajstić information content (AvgIpc) is 3.51. The molecule has 2 aliphatic rings. The highest BCUT2D eigenvalue weighted by Gasteiger charge is 2.24. The van der Waals surface area contributed by atoms with Gasteiger partial charge >= 0.3 is 0 Å². The van der Waals surface area contributed by atoms with E-state index in [0.29, 0.717) is 30.0 Å². The minimum absolute atomic E-state index is 0.0377. The molecule has 0 spiro atoms. The Hall–Kier alpha value is -2.08. The van der Waals surface area contributed by atoms with Crippen LogP contribution in [0.5, 0.6) is 5.75 Å². The van der Waals surface area contributed by atoms with Crippen molar-refractivity contribution in [3.63, 3.8) is 0 Å². The molecule has 154 valence electrons. The van der Waals surface area contributed by atoms with Gasteiger partial charge in [0, 0.05) is 12.5 Å². The topological polar surface area (TPSA) is 79.5 Å². The molecule has 2 fully saturated rings. The second kappa shape index (κ2) is 9.92. The molecule has 2 amide bonds. The molecule has 1 saturated heterocycles. The largest absolute Gasteiger partial charge is 0.484 e. The number of rotatable bonds is 9. The Morgan fingerprint density at radius 1 is 1.14 bits per heavy atom. The summed E-state index contributed by atoms with van der Waals surface area (Å²) < 4.78 is 5.53. The molecule has 28 heavy (non-hydrogen) atoms. The Morgan fingerprint density at radius 2 is 1.89 bits per heavy atom. The van der Waals surface area contributed by atoms with Gasteiger partial charge in [-0.3, -0.25) is 9.59 Å². The Morgan fingerprint density at radius 3 is 2.54 bits per heavy atom. The van der Waals surface area contributed by atoms with Crippen LogP contribution < -0.4 is 20.7 Å². The van der Waals surface area contributed by atoms with Crippen molar-refractivity contribution in [1.29, 1.82) is 0 Å². The third-order valence-corrected chi connectivity index (χ3v) is 5.72. The fraction of sp³-hybridized carbons (Fsp3) is 0.636. The lowest BCUT2D eigenvalue weighted by Gasteiger charge is -2.28. The zero-order valence-electron chi connectivity index (χ0n) is 17.0. The Labute approximate surface area is 167 Å². The zero-order chi connectivity index (χ0) is 19.9. The number of benzene rings is 1. The van der Waals surface area contributed by atoms with Gasteiger partial charge in [-0.05, 0) is 75.2 Å². The number of carbonyl (C=O) groups excluding carboxylic acids is 2. The van der Waals surface area contributed by atoms with Gasteiger partial charge in [-0.2, -0.15) is 0 Å². The summed E-state index contributed by atoms with van der Waals surface area (Å²) in [5.41, 5.74) is 1.02. The highest BCUT2D eigenvalue weighted by atomic mass is 16.5. The van der Waals surface area contributed by atoms with Crippen molar-refractivity contribution in [2.75, 3.05) is 19.7 Å². The van der Waals surface area contributed by atoms with Crippen molar-refractivity contribution in [2.45, 2.75) is 58.0 Å². The molecule has 3 rings (SSSR count). The van der Waals surface area contributed by atoms with Crippen LogP contribution in [0.25, 0.3) is 0 Å². The van der Waals surface area contributed by atoms with E-state index in [9.17, 15) is 9.59 Å². The van der Waals surface area contributed by atoms with E-state index >= 15 is 0 Å². The van der Waals surface area contributed by atoms with Gasteiger partial charge < -0.3 is 20.7 Å². The second-order valence-corrected chi connectivity index (χ2v) is 8.28. The third kappa shape index (κ3) is 6.51. The van der Waals surface area contributed by atoms with Crippen LogP contribution in [0, 0.1) is 11.8 Å². The van der Waals surface area contributed by atoms with Crippen molar-refractivity contribution in [3.05, 3.63) is 29.8 Å². The third-order valence-electron chi connectivity index (χ3n) is 5.72. The SMILES string of the molecule is CC(NC(=O)CC(C)C1CCCNC1)c1ccc(OCC(=O)NC2CC2)cc1. The molecular weight excluding hydrogens is 354 g/mol. The van der Waals surface area contributed by atoms with Gasteiger partial charge in [0.15, 0.2) is 6.61 Å². The first-order chi connectivity index (χ1) is 13.5. The molecule has 1 aromatic carbocycles. The highest BCUT2D eigenvalue weighted by molar-refractivity contribution is 5.78. The maximum absolute atomic E-state index is 12.4. The summed E-state index contributed by atoms with van der Waals surface area (Å²) in [4.78, 5) is 24.1. The van der Waals surface area contributed by atoms with Crippen LogP contribution in [0.4, 0.5) is 0 Å². The highest BCUT2D eigenvalue weighted by Crippen LogP contribution is 2.23. The maximum Gasteiger partial charge on any atom is 0.258 e. The van der Waals surface area contributed by atoms with Crippen molar-refractivity contribution < 1.29 is 14.3 Å². The van der Waals surface area contributed by atoms with Crippen molar-refractivity contribution in [3.8, 4) is 5.75 Å². The molecule has 6 heteroatoms. The summed E-state index contributed by atoms with van der Waals surface area (Å²) in [6.45, 7) is 6.31. The summed E-state index contributed by atoms with van der Waals surface area (Å²) >= 11 is 0. The fourth-order valence-electron chi connectivity index (χ4n) is 3.71. The fourth-order valence-corrected chi connectivity index (χ4v) is 3.71. The molecule has 6 nitrogen and oxygen atoms in total. The van der Waals surface area contributed by atoms with E-state index in [-0.39, 0.29) is 24.5 Å². The van der Waals surface area contributed by atoms with E-state index in [1.54, 1.807) is 0 Å². The summed E-state index contributed by atoms with van der Waals surface area (Å²) in [6.07, 6.45) is 5.11. The van der Waals surface area contributed by atoms with Crippen molar-refractivity contribution in [2.24, 2.45) is 11.8 Å². The van der Waals surface area contributed by atoms with E-state index in [1.807, 2.05) is 31.2 Å². The number of piperidine rings is 1. The van der Waals surface area contributed by atoms with Crippen LogP contribution in [0.2, 0.25) is 0 Å². The lowest BCUT2D eigenvalue weighted by Crippen LogP contribution is -2.36. The molecule has 0 radical (unpaired) electrons. The van der Waals surface area contributed by atoms with Gasteiger partial charge in [0.25, 0.3) is 5.91 Å². The first-order valence-electron chi connectivity index (χ1n) is 10.5.